The lowest BCUT2D eigenvalue weighted by molar-refractivity contribution is -0.150. The first-order valence-corrected chi connectivity index (χ1v) is 5.47. The Labute approximate surface area is 82.3 Å². The Kier molecular flexibility index (Phi) is 3.74. The van der Waals surface area contributed by atoms with Crippen LogP contribution >= 0.6 is 0 Å². The van der Waals surface area contributed by atoms with E-state index < -0.39 is 0 Å². The van der Waals surface area contributed by atoms with E-state index in [2.05, 4.69) is 18.9 Å². The quantitative estimate of drug-likeness (QED) is 0.572. The van der Waals surface area contributed by atoms with Crippen molar-refractivity contribution in [2.45, 2.75) is 27.2 Å². The van der Waals surface area contributed by atoms with Crippen LogP contribution in [0.5, 0.6) is 0 Å². The van der Waals surface area contributed by atoms with E-state index in [-0.39, 0.29) is 0 Å². The molecule has 2 aliphatic rings. The molecule has 0 saturated carbocycles. The molecular weight excluding hydrogens is 162 g/mol. The van der Waals surface area contributed by atoms with Crippen molar-refractivity contribution < 1.29 is 4.74 Å². The van der Waals surface area contributed by atoms with Gasteiger partial charge in [-0.15, -0.1) is 0 Å². The van der Waals surface area contributed by atoms with E-state index in [1.54, 1.807) is 0 Å². The van der Waals surface area contributed by atoms with Gasteiger partial charge < -0.3 is 9.64 Å². The number of rotatable bonds is 0. The zero-order valence-corrected chi connectivity index (χ0v) is 9.47. The maximum absolute atomic E-state index is 5.29. The summed E-state index contributed by atoms with van der Waals surface area (Å²) in [6.07, 6.45) is 1.37. The van der Waals surface area contributed by atoms with Crippen molar-refractivity contribution in [3.63, 3.8) is 0 Å². The average molecular weight is 185 g/mol. The number of hydrogen-bond acceptors (Lipinski definition) is 2. The summed E-state index contributed by atoms with van der Waals surface area (Å²) in [5, 5.41) is 0. The van der Waals surface area contributed by atoms with Crippen LogP contribution in [0.3, 0.4) is 0 Å². The highest BCUT2D eigenvalue weighted by atomic mass is 16.5. The van der Waals surface area contributed by atoms with Gasteiger partial charge in [-0.3, -0.25) is 0 Å². The summed E-state index contributed by atoms with van der Waals surface area (Å²) in [6, 6.07) is 0. The minimum atomic E-state index is 0.548. The van der Waals surface area contributed by atoms with Crippen LogP contribution in [0.25, 0.3) is 0 Å². The lowest BCUT2D eigenvalue weighted by atomic mass is 9.75. The third kappa shape index (κ3) is 2.44. The molecule has 0 bridgehead atoms. The minimum Gasteiger partial charge on any atom is -0.380 e. The topological polar surface area (TPSA) is 12.5 Å². The van der Waals surface area contributed by atoms with E-state index in [0.29, 0.717) is 5.41 Å². The van der Waals surface area contributed by atoms with Crippen molar-refractivity contribution in [2.24, 2.45) is 11.3 Å². The van der Waals surface area contributed by atoms with Crippen molar-refractivity contribution in [1.29, 1.82) is 0 Å². The number of likely N-dealkylation sites (tertiary alicyclic amines) is 1. The molecule has 0 aromatic heterocycles. The summed E-state index contributed by atoms with van der Waals surface area (Å²) in [4.78, 5) is 2.44. The average Bonchev–Trinajstić information content (AvgIpc) is 2.04. The van der Waals surface area contributed by atoms with Gasteiger partial charge in [0.05, 0.1) is 13.2 Å². The second kappa shape index (κ2) is 4.43. The summed E-state index contributed by atoms with van der Waals surface area (Å²) in [7, 11) is 2.22. The normalized spacial score (nSPS) is 31.8. The molecule has 1 unspecified atom stereocenters. The van der Waals surface area contributed by atoms with E-state index in [9.17, 15) is 0 Å². The second-order valence-corrected chi connectivity index (χ2v) is 4.50. The number of ether oxygens (including phenoxy) is 1. The van der Waals surface area contributed by atoms with E-state index in [1.807, 2.05) is 13.8 Å². The lowest BCUT2D eigenvalue weighted by Crippen LogP contribution is -2.55. The number of hydrogen-bond donors (Lipinski definition) is 0. The summed E-state index contributed by atoms with van der Waals surface area (Å²) in [5.41, 5.74) is 0.548. The Morgan fingerprint density at radius 2 is 1.92 bits per heavy atom. The van der Waals surface area contributed by atoms with Crippen LogP contribution in [0, 0.1) is 11.3 Å². The molecule has 2 rings (SSSR count). The van der Waals surface area contributed by atoms with Crippen LogP contribution in [0.4, 0.5) is 0 Å². The van der Waals surface area contributed by atoms with Gasteiger partial charge in [0, 0.05) is 18.5 Å². The van der Waals surface area contributed by atoms with Gasteiger partial charge in [0.15, 0.2) is 0 Å². The van der Waals surface area contributed by atoms with Gasteiger partial charge >= 0.3 is 0 Å². The fraction of sp³-hybridized carbons (Fsp3) is 1.00. The monoisotopic (exact) mass is 185 g/mol. The van der Waals surface area contributed by atoms with Crippen molar-refractivity contribution in [2.75, 3.05) is 33.4 Å². The van der Waals surface area contributed by atoms with E-state index in [4.69, 9.17) is 4.74 Å². The molecule has 1 spiro atoms. The number of piperidine rings is 1. The molecule has 0 aromatic carbocycles. The molecular formula is C11H23NO. The first kappa shape index (κ1) is 11.0. The molecule has 2 fully saturated rings. The molecule has 13 heavy (non-hydrogen) atoms. The molecule has 78 valence electrons. The Balaban J connectivity index is 0.000000396. The Bertz CT molecular complexity index is 142. The molecule has 0 aliphatic carbocycles. The maximum atomic E-state index is 5.29. The molecule has 0 radical (unpaired) electrons. The molecule has 1 atom stereocenters. The van der Waals surface area contributed by atoms with Gasteiger partial charge in [-0.25, -0.2) is 0 Å². The van der Waals surface area contributed by atoms with Gasteiger partial charge in [0.25, 0.3) is 0 Å². The van der Waals surface area contributed by atoms with Crippen molar-refractivity contribution >= 4 is 0 Å². The fourth-order valence-electron chi connectivity index (χ4n) is 2.64. The number of nitrogens with zero attached hydrogens (tertiary/aromatic N) is 1. The highest BCUT2D eigenvalue weighted by molar-refractivity contribution is 4.93. The summed E-state index contributed by atoms with van der Waals surface area (Å²) < 4.78 is 5.29. The van der Waals surface area contributed by atoms with Gasteiger partial charge in [-0.1, -0.05) is 20.8 Å². The SMILES string of the molecule is CC.CC1CN(C)CC2(COC2)C1. The molecule has 2 nitrogen and oxygen atoms in total. The van der Waals surface area contributed by atoms with Crippen LogP contribution in [-0.2, 0) is 4.74 Å². The molecule has 2 heteroatoms. The third-order valence-corrected chi connectivity index (χ3v) is 2.83. The highest BCUT2D eigenvalue weighted by Gasteiger charge is 2.43. The predicted octanol–water partition coefficient (Wildman–Crippen LogP) is 2.00. The van der Waals surface area contributed by atoms with Gasteiger partial charge in [-0.05, 0) is 19.4 Å². The molecule has 2 heterocycles. The van der Waals surface area contributed by atoms with Gasteiger partial charge in [0.2, 0.25) is 0 Å². The Hall–Kier alpha value is -0.0800. The van der Waals surface area contributed by atoms with Crippen molar-refractivity contribution in [1.82, 2.24) is 4.90 Å². The van der Waals surface area contributed by atoms with Crippen LogP contribution in [0.1, 0.15) is 27.2 Å². The molecule has 0 N–H and O–H groups in total. The smallest absolute Gasteiger partial charge is 0.0557 e. The van der Waals surface area contributed by atoms with Crippen LogP contribution in [0.15, 0.2) is 0 Å². The van der Waals surface area contributed by atoms with Crippen molar-refractivity contribution in [3.8, 4) is 0 Å². The largest absolute Gasteiger partial charge is 0.380 e. The lowest BCUT2D eigenvalue weighted by Gasteiger charge is -2.49. The van der Waals surface area contributed by atoms with E-state index in [0.717, 1.165) is 19.1 Å². The zero-order valence-electron chi connectivity index (χ0n) is 9.47. The van der Waals surface area contributed by atoms with Gasteiger partial charge in [0.1, 0.15) is 0 Å². The zero-order chi connectivity index (χ0) is 9.90. The van der Waals surface area contributed by atoms with Gasteiger partial charge in [-0.2, -0.15) is 0 Å². The fourth-order valence-corrected chi connectivity index (χ4v) is 2.64. The second-order valence-electron chi connectivity index (χ2n) is 4.50. The summed E-state index contributed by atoms with van der Waals surface area (Å²) in [5.74, 6) is 0.859. The standard InChI is InChI=1S/C9H17NO.C2H6/c1-8-3-9(6-11-7-9)5-10(2)4-8;1-2/h8H,3-7H2,1-2H3;1-2H3. The highest BCUT2D eigenvalue weighted by Crippen LogP contribution is 2.38. The first-order chi connectivity index (χ1) is 6.20. The molecule has 0 aromatic rings. The first-order valence-electron chi connectivity index (χ1n) is 5.47. The van der Waals surface area contributed by atoms with Crippen molar-refractivity contribution in [3.05, 3.63) is 0 Å². The maximum Gasteiger partial charge on any atom is 0.0557 e. The minimum absolute atomic E-state index is 0.548. The van der Waals surface area contributed by atoms with E-state index >= 15 is 0 Å². The predicted molar refractivity (Wildman–Crippen MR) is 55.9 cm³/mol. The van der Waals surface area contributed by atoms with E-state index in [1.165, 1.54) is 19.5 Å². The molecule has 0 amide bonds. The Morgan fingerprint density at radius 1 is 1.31 bits per heavy atom. The summed E-state index contributed by atoms with van der Waals surface area (Å²) >= 11 is 0. The third-order valence-electron chi connectivity index (χ3n) is 2.83. The molecule has 2 saturated heterocycles. The van der Waals surface area contributed by atoms with Crippen LogP contribution in [-0.4, -0.2) is 38.3 Å². The van der Waals surface area contributed by atoms with Crippen LogP contribution < -0.4 is 0 Å². The van der Waals surface area contributed by atoms with Crippen LogP contribution in [0.2, 0.25) is 0 Å². The summed E-state index contributed by atoms with van der Waals surface area (Å²) in [6.45, 7) is 10.9. The Morgan fingerprint density at radius 3 is 2.31 bits per heavy atom. The molecule has 2 aliphatic heterocycles.